The van der Waals surface area contributed by atoms with E-state index in [2.05, 4.69) is 29.2 Å². The maximum Gasteiger partial charge on any atom is 0.414 e. The predicted octanol–water partition coefficient (Wildman–Crippen LogP) is 4.08. The van der Waals surface area contributed by atoms with E-state index in [1.54, 1.807) is 9.80 Å². The summed E-state index contributed by atoms with van der Waals surface area (Å²) < 4.78 is 10.7. The van der Waals surface area contributed by atoms with E-state index in [1.165, 1.54) is 11.1 Å². The molecule has 35 heavy (non-hydrogen) atoms. The van der Waals surface area contributed by atoms with Gasteiger partial charge in [-0.15, -0.1) is 0 Å². The molecule has 3 aromatic carbocycles. The third kappa shape index (κ3) is 5.53. The van der Waals surface area contributed by atoms with Gasteiger partial charge < -0.3 is 14.4 Å². The van der Waals surface area contributed by atoms with Crippen molar-refractivity contribution in [3.8, 4) is 0 Å². The molecule has 2 fully saturated rings. The zero-order valence-corrected chi connectivity index (χ0v) is 19.6. The van der Waals surface area contributed by atoms with E-state index < -0.39 is 0 Å². The van der Waals surface area contributed by atoms with Crippen molar-refractivity contribution in [2.45, 2.75) is 19.1 Å². The molecule has 1 unspecified atom stereocenters. The van der Waals surface area contributed by atoms with E-state index >= 15 is 0 Å². The third-order valence-corrected chi connectivity index (χ3v) is 6.35. The summed E-state index contributed by atoms with van der Waals surface area (Å²) in [4.78, 5) is 30.7. The van der Waals surface area contributed by atoms with Gasteiger partial charge in [0.05, 0.1) is 12.6 Å². The molecule has 2 amide bonds. The number of amides is 2. The van der Waals surface area contributed by atoms with Crippen molar-refractivity contribution >= 4 is 23.4 Å². The number of morpholine rings is 1. The standard InChI is InChI=1S/C28H29N3O4/c32-27-21-34-16-15-30(27)24-11-13-25(14-12-24)31-26(20-35-28(31)33)19-29(17-22-7-3-1-4-8-22)18-23-9-5-2-6-10-23/h1-14,26H,15-21H2. The van der Waals surface area contributed by atoms with Crippen LogP contribution in [0.2, 0.25) is 0 Å². The number of benzene rings is 3. The Hall–Kier alpha value is -3.68. The molecule has 2 aliphatic heterocycles. The van der Waals surface area contributed by atoms with E-state index in [9.17, 15) is 9.59 Å². The van der Waals surface area contributed by atoms with Crippen molar-refractivity contribution in [3.63, 3.8) is 0 Å². The summed E-state index contributed by atoms with van der Waals surface area (Å²) in [7, 11) is 0. The van der Waals surface area contributed by atoms with Gasteiger partial charge in [0.25, 0.3) is 5.91 Å². The molecule has 0 N–H and O–H groups in total. The molecule has 0 spiro atoms. The van der Waals surface area contributed by atoms with Gasteiger partial charge in [0, 0.05) is 37.6 Å². The first kappa shape index (κ1) is 23.1. The van der Waals surface area contributed by atoms with Crippen LogP contribution in [0.3, 0.4) is 0 Å². The van der Waals surface area contributed by atoms with Crippen LogP contribution in [0.15, 0.2) is 84.9 Å². The second-order valence-corrected chi connectivity index (χ2v) is 8.86. The Balaban J connectivity index is 1.34. The molecule has 0 saturated carbocycles. The van der Waals surface area contributed by atoms with E-state index in [-0.39, 0.29) is 24.6 Å². The molecular formula is C28H29N3O4. The highest BCUT2D eigenvalue weighted by atomic mass is 16.6. The normalized spacial score (nSPS) is 18.3. The van der Waals surface area contributed by atoms with Gasteiger partial charge in [-0.3, -0.25) is 14.6 Å². The first-order valence-corrected chi connectivity index (χ1v) is 11.9. The van der Waals surface area contributed by atoms with Gasteiger partial charge in [0.15, 0.2) is 0 Å². The third-order valence-electron chi connectivity index (χ3n) is 6.35. The molecular weight excluding hydrogens is 442 g/mol. The quantitative estimate of drug-likeness (QED) is 0.496. The molecule has 5 rings (SSSR count). The highest BCUT2D eigenvalue weighted by Crippen LogP contribution is 2.27. The van der Waals surface area contributed by atoms with E-state index in [1.807, 2.05) is 60.7 Å². The van der Waals surface area contributed by atoms with Crippen molar-refractivity contribution < 1.29 is 19.1 Å². The predicted molar refractivity (Wildman–Crippen MR) is 134 cm³/mol. The Morgan fingerprint density at radius 2 is 1.40 bits per heavy atom. The zero-order valence-electron chi connectivity index (χ0n) is 19.6. The van der Waals surface area contributed by atoms with Gasteiger partial charge in [-0.1, -0.05) is 60.7 Å². The number of hydrogen-bond acceptors (Lipinski definition) is 5. The van der Waals surface area contributed by atoms with Crippen LogP contribution in [0, 0.1) is 0 Å². The van der Waals surface area contributed by atoms with Gasteiger partial charge in [0.2, 0.25) is 0 Å². The highest BCUT2D eigenvalue weighted by Gasteiger charge is 2.35. The van der Waals surface area contributed by atoms with Crippen LogP contribution in [0.1, 0.15) is 11.1 Å². The van der Waals surface area contributed by atoms with Crippen molar-refractivity contribution in [1.29, 1.82) is 0 Å². The molecule has 0 aromatic heterocycles. The number of hydrogen-bond donors (Lipinski definition) is 0. The highest BCUT2D eigenvalue weighted by molar-refractivity contribution is 5.95. The number of cyclic esters (lactones) is 1. The van der Waals surface area contributed by atoms with Crippen LogP contribution in [-0.2, 0) is 27.4 Å². The number of carbonyl (C=O) groups excluding carboxylic acids is 2. The van der Waals surface area contributed by atoms with Crippen molar-refractivity contribution in [3.05, 3.63) is 96.1 Å². The average molecular weight is 472 g/mol. The summed E-state index contributed by atoms with van der Waals surface area (Å²) in [6, 6.07) is 28.1. The van der Waals surface area contributed by atoms with Crippen LogP contribution in [0.25, 0.3) is 0 Å². The van der Waals surface area contributed by atoms with E-state index in [0.717, 1.165) is 24.5 Å². The molecule has 0 radical (unpaired) electrons. The molecule has 3 aromatic rings. The summed E-state index contributed by atoms with van der Waals surface area (Å²) in [6.45, 7) is 3.69. The molecule has 2 saturated heterocycles. The minimum atomic E-state index is -0.343. The lowest BCUT2D eigenvalue weighted by molar-refractivity contribution is -0.125. The summed E-state index contributed by atoms with van der Waals surface area (Å²) in [5.41, 5.74) is 4.02. The van der Waals surface area contributed by atoms with Crippen LogP contribution in [0.4, 0.5) is 16.2 Å². The van der Waals surface area contributed by atoms with E-state index in [4.69, 9.17) is 9.47 Å². The summed E-state index contributed by atoms with van der Waals surface area (Å²) in [5, 5.41) is 0. The molecule has 180 valence electrons. The fraction of sp³-hybridized carbons (Fsp3) is 0.286. The first-order chi connectivity index (χ1) is 17.2. The van der Waals surface area contributed by atoms with Crippen LogP contribution < -0.4 is 9.80 Å². The SMILES string of the molecule is O=C1COCCN1c1ccc(N2C(=O)OCC2CN(Cc2ccccc2)Cc2ccccc2)cc1. The monoisotopic (exact) mass is 471 g/mol. The van der Waals surface area contributed by atoms with Gasteiger partial charge in [-0.2, -0.15) is 0 Å². The molecule has 7 heteroatoms. The lowest BCUT2D eigenvalue weighted by Crippen LogP contribution is -2.43. The zero-order chi connectivity index (χ0) is 24.0. The van der Waals surface area contributed by atoms with Crippen LogP contribution >= 0.6 is 0 Å². The second kappa shape index (κ2) is 10.7. The van der Waals surface area contributed by atoms with Crippen molar-refractivity contribution in [2.24, 2.45) is 0 Å². The maximum atomic E-state index is 12.7. The first-order valence-electron chi connectivity index (χ1n) is 11.9. The minimum Gasteiger partial charge on any atom is -0.447 e. The molecule has 7 nitrogen and oxygen atoms in total. The van der Waals surface area contributed by atoms with Gasteiger partial charge >= 0.3 is 6.09 Å². The van der Waals surface area contributed by atoms with Crippen molar-refractivity contribution in [1.82, 2.24) is 4.90 Å². The molecule has 2 heterocycles. The Labute approximate surface area is 205 Å². The average Bonchev–Trinajstić information content (AvgIpc) is 3.25. The molecule has 0 bridgehead atoms. The van der Waals surface area contributed by atoms with E-state index in [0.29, 0.717) is 26.3 Å². The number of ether oxygens (including phenoxy) is 2. The Bertz CT molecular complexity index is 1100. The minimum absolute atomic E-state index is 0.0556. The lowest BCUT2D eigenvalue weighted by atomic mass is 10.1. The number of nitrogens with zero attached hydrogens (tertiary/aromatic N) is 3. The summed E-state index contributed by atoms with van der Waals surface area (Å²) in [6.07, 6.45) is -0.343. The fourth-order valence-corrected chi connectivity index (χ4v) is 4.66. The smallest absolute Gasteiger partial charge is 0.414 e. The number of carbonyl (C=O) groups is 2. The Morgan fingerprint density at radius 1 is 0.800 bits per heavy atom. The fourth-order valence-electron chi connectivity index (χ4n) is 4.66. The van der Waals surface area contributed by atoms with Crippen LogP contribution in [-0.4, -0.2) is 55.9 Å². The maximum absolute atomic E-state index is 12.7. The lowest BCUT2D eigenvalue weighted by Gasteiger charge is -2.30. The van der Waals surface area contributed by atoms with Gasteiger partial charge in [0.1, 0.15) is 13.2 Å². The summed E-state index contributed by atoms with van der Waals surface area (Å²) >= 11 is 0. The largest absolute Gasteiger partial charge is 0.447 e. The van der Waals surface area contributed by atoms with Crippen LogP contribution in [0.5, 0.6) is 0 Å². The number of anilines is 2. The molecule has 1 atom stereocenters. The Morgan fingerprint density at radius 3 is 2.00 bits per heavy atom. The topological polar surface area (TPSA) is 62.3 Å². The number of rotatable bonds is 8. The van der Waals surface area contributed by atoms with Gasteiger partial charge in [-0.25, -0.2) is 4.79 Å². The molecule has 0 aliphatic carbocycles. The second-order valence-electron chi connectivity index (χ2n) is 8.86. The Kier molecular flexibility index (Phi) is 7.07. The van der Waals surface area contributed by atoms with Crippen molar-refractivity contribution in [2.75, 3.05) is 42.7 Å². The molecule has 2 aliphatic rings. The van der Waals surface area contributed by atoms with Gasteiger partial charge in [-0.05, 0) is 35.4 Å². The summed E-state index contributed by atoms with van der Waals surface area (Å²) in [5.74, 6) is -0.0556.